The first-order valence-corrected chi connectivity index (χ1v) is 7.35. The first kappa shape index (κ1) is 19.7. The average molecular weight is 361 g/mol. The maximum absolute atomic E-state index is 11.9. The first-order chi connectivity index (χ1) is 10.3. The van der Waals surface area contributed by atoms with Gasteiger partial charge in [-0.2, -0.15) is 0 Å². The van der Waals surface area contributed by atoms with Crippen LogP contribution in [-0.2, 0) is 16.0 Å². The molecule has 0 aliphatic carbocycles. The number of fused-ring (bicyclic) bond motifs is 1. The van der Waals surface area contributed by atoms with Crippen molar-refractivity contribution in [2.45, 2.75) is 18.9 Å². The summed E-state index contributed by atoms with van der Waals surface area (Å²) in [5, 5.41) is 6.07. The summed E-state index contributed by atoms with van der Waals surface area (Å²) in [6.07, 6.45) is 1.68. The maximum Gasteiger partial charge on any atom is 0.239 e. The number of aromatic amines is 1. The highest BCUT2D eigenvalue weighted by Gasteiger charge is 2.20. The van der Waals surface area contributed by atoms with Crippen LogP contribution in [0.3, 0.4) is 0 Å². The summed E-state index contributed by atoms with van der Waals surface area (Å²) < 4.78 is 5.27. The third-order valence-electron chi connectivity index (χ3n) is 3.57. The van der Waals surface area contributed by atoms with Gasteiger partial charge in [0.15, 0.2) is 0 Å². The summed E-state index contributed by atoms with van der Waals surface area (Å²) in [7, 11) is 0. The van der Waals surface area contributed by atoms with Crippen LogP contribution in [0.25, 0.3) is 11.0 Å². The molecule has 1 atom stereocenters. The number of halogens is 2. The van der Waals surface area contributed by atoms with Crippen molar-refractivity contribution >= 4 is 41.8 Å². The molecule has 0 saturated carbocycles. The Morgan fingerprint density at radius 3 is 2.91 bits per heavy atom. The number of ether oxygens (including phenoxy) is 1. The Kier molecular flexibility index (Phi) is 8.33. The third kappa shape index (κ3) is 5.35. The number of nitrogens with one attached hydrogen (secondary N) is 3. The lowest BCUT2D eigenvalue weighted by Crippen LogP contribution is -2.51. The zero-order valence-electron chi connectivity index (χ0n) is 12.7. The Morgan fingerprint density at radius 2 is 2.17 bits per heavy atom. The number of aryl methyl sites for hydroxylation is 1. The normalized spacial score (nSPS) is 17.1. The molecule has 0 spiro atoms. The van der Waals surface area contributed by atoms with E-state index in [1.54, 1.807) is 0 Å². The molecule has 8 heteroatoms. The largest absolute Gasteiger partial charge is 0.378 e. The molecule has 1 aliphatic rings. The lowest BCUT2D eigenvalue weighted by molar-refractivity contribution is -0.125. The second-order valence-corrected chi connectivity index (χ2v) is 5.18. The third-order valence-corrected chi connectivity index (χ3v) is 3.57. The Hall–Kier alpha value is -1.34. The summed E-state index contributed by atoms with van der Waals surface area (Å²) in [4.78, 5) is 19.7. The molecule has 23 heavy (non-hydrogen) atoms. The van der Waals surface area contributed by atoms with Crippen molar-refractivity contribution < 1.29 is 9.53 Å². The molecule has 3 N–H and O–H groups in total. The van der Waals surface area contributed by atoms with Crippen molar-refractivity contribution in [3.8, 4) is 0 Å². The van der Waals surface area contributed by atoms with Crippen LogP contribution in [0.4, 0.5) is 0 Å². The van der Waals surface area contributed by atoms with Gasteiger partial charge in [0.05, 0.1) is 24.2 Å². The number of hydrogen-bond acceptors (Lipinski definition) is 4. The number of imidazole rings is 1. The fourth-order valence-electron chi connectivity index (χ4n) is 2.45. The zero-order chi connectivity index (χ0) is 14.5. The summed E-state index contributed by atoms with van der Waals surface area (Å²) in [5.74, 6) is 0.976. The van der Waals surface area contributed by atoms with Crippen molar-refractivity contribution in [2.24, 2.45) is 0 Å². The molecule has 0 bridgehead atoms. The van der Waals surface area contributed by atoms with Gasteiger partial charge < -0.3 is 20.4 Å². The van der Waals surface area contributed by atoms with E-state index in [-0.39, 0.29) is 36.8 Å². The fourth-order valence-corrected chi connectivity index (χ4v) is 2.45. The van der Waals surface area contributed by atoms with Gasteiger partial charge in [-0.1, -0.05) is 12.1 Å². The molecule has 3 rings (SSSR count). The second-order valence-electron chi connectivity index (χ2n) is 5.18. The van der Waals surface area contributed by atoms with Crippen LogP contribution in [-0.4, -0.2) is 48.2 Å². The van der Waals surface area contributed by atoms with Crippen LogP contribution in [0.2, 0.25) is 0 Å². The SMILES string of the molecule is Cl.Cl.O=C(NCCCc1nc2ccccc2[nH]1)C1COCCN1. The van der Waals surface area contributed by atoms with Gasteiger partial charge in [-0.25, -0.2) is 4.98 Å². The molecule has 6 nitrogen and oxygen atoms in total. The van der Waals surface area contributed by atoms with Crippen molar-refractivity contribution in [1.29, 1.82) is 0 Å². The minimum absolute atomic E-state index is 0. The molecule has 128 valence electrons. The van der Waals surface area contributed by atoms with E-state index in [0.29, 0.717) is 19.8 Å². The number of H-pyrrole nitrogens is 1. The number of aromatic nitrogens is 2. The molecule has 0 radical (unpaired) electrons. The monoisotopic (exact) mass is 360 g/mol. The van der Waals surface area contributed by atoms with Gasteiger partial charge in [-0.05, 0) is 18.6 Å². The van der Waals surface area contributed by atoms with Gasteiger partial charge >= 0.3 is 0 Å². The summed E-state index contributed by atoms with van der Waals surface area (Å²) in [5.41, 5.74) is 2.04. The Bertz CT molecular complexity index is 581. The van der Waals surface area contributed by atoms with Crippen LogP contribution in [0, 0.1) is 0 Å². The van der Waals surface area contributed by atoms with E-state index in [0.717, 1.165) is 36.2 Å². The topological polar surface area (TPSA) is 79.0 Å². The molecular weight excluding hydrogens is 339 g/mol. The van der Waals surface area contributed by atoms with Crippen LogP contribution in [0.5, 0.6) is 0 Å². The number of nitrogens with zero attached hydrogens (tertiary/aromatic N) is 1. The fraction of sp³-hybridized carbons (Fsp3) is 0.467. The average Bonchev–Trinajstić information content (AvgIpc) is 2.95. The minimum atomic E-state index is -0.218. The molecule has 1 aliphatic heterocycles. The highest BCUT2D eigenvalue weighted by atomic mass is 35.5. The smallest absolute Gasteiger partial charge is 0.239 e. The molecule has 1 saturated heterocycles. The van der Waals surface area contributed by atoms with E-state index in [9.17, 15) is 4.79 Å². The molecule has 1 unspecified atom stereocenters. The molecule has 2 aromatic rings. The molecule has 1 aromatic carbocycles. The van der Waals surface area contributed by atoms with Gasteiger partial charge in [-0.15, -0.1) is 24.8 Å². The maximum atomic E-state index is 11.9. The summed E-state index contributed by atoms with van der Waals surface area (Å²) in [6, 6.07) is 7.76. The lowest BCUT2D eigenvalue weighted by atomic mass is 10.2. The van der Waals surface area contributed by atoms with E-state index in [2.05, 4.69) is 20.6 Å². The predicted octanol–water partition coefficient (Wildman–Crippen LogP) is 1.44. The zero-order valence-corrected chi connectivity index (χ0v) is 14.3. The Labute approximate surface area is 147 Å². The highest BCUT2D eigenvalue weighted by Crippen LogP contribution is 2.11. The van der Waals surface area contributed by atoms with Gasteiger partial charge in [0, 0.05) is 19.5 Å². The molecule has 1 amide bonds. The number of rotatable bonds is 5. The van der Waals surface area contributed by atoms with Crippen LogP contribution in [0.1, 0.15) is 12.2 Å². The van der Waals surface area contributed by atoms with Crippen molar-refractivity contribution in [3.63, 3.8) is 0 Å². The number of benzene rings is 1. The number of hydrogen-bond donors (Lipinski definition) is 3. The van der Waals surface area contributed by atoms with Crippen molar-refractivity contribution in [3.05, 3.63) is 30.1 Å². The van der Waals surface area contributed by atoms with Gasteiger partial charge in [0.2, 0.25) is 5.91 Å². The summed E-state index contributed by atoms with van der Waals surface area (Å²) >= 11 is 0. The van der Waals surface area contributed by atoms with E-state index in [1.807, 2.05) is 24.3 Å². The van der Waals surface area contributed by atoms with Crippen molar-refractivity contribution in [1.82, 2.24) is 20.6 Å². The van der Waals surface area contributed by atoms with E-state index in [1.165, 1.54) is 0 Å². The minimum Gasteiger partial charge on any atom is -0.378 e. The molecular formula is C15H22Cl2N4O2. The first-order valence-electron chi connectivity index (χ1n) is 7.35. The number of carbonyl (C=O) groups excluding carboxylic acids is 1. The van der Waals surface area contributed by atoms with E-state index in [4.69, 9.17) is 4.74 Å². The van der Waals surface area contributed by atoms with Gasteiger partial charge in [0.1, 0.15) is 11.9 Å². The highest BCUT2D eigenvalue weighted by molar-refractivity contribution is 5.85. The Morgan fingerprint density at radius 1 is 1.35 bits per heavy atom. The quantitative estimate of drug-likeness (QED) is 0.705. The molecule has 2 heterocycles. The van der Waals surface area contributed by atoms with Crippen LogP contribution in [0.15, 0.2) is 24.3 Å². The molecule has 1 aromatic heterocycles. The van der Waals surface area contributed by atoms with E-state index < -0.39 is 0 Å². The van der Waals surface area contributed by atoms with Crippen LogP contribution >= 0.6 is 24.8 Å². The Balaban J connectivity index is 0.00000132. The second kappa shape index (κ2) is 9.72. The number of amides is 1. The standard InChI is InChI=1S/C15H20N4O2.2ClH/c20-15(13-10-21-9-8-16-13)17-7-3-6-14-18-11-4-1-2-5-12(11)19-14;;/h1-2,4-5,13,16H,3,6-10H2,(H,17,20)(H,18,19);2*1H. The number of morpholine rings is 1. The summed E-state index contributed by atoms with van der Waals surface area (Å²) in [6.45, 7) is 2.51. The van der Waals surface area contributed by atoms with Crippen LogP contribution < -0.4 is 10.6 Å². The van der Waals surface area contributed by atoms with Crippen molar-refractivity contribution in [2.75, 3.05) is 26.3 Å². The van der Waals surface area contributed by atoms with Gasteiger partial charge in [-0.3, -0.25) is 4.79 Å². The number of para-hydroxylation sites is 2. The lowest BCUT2D eigenvalue weighted by Gasteiger charge is -2.22. The number of carbonyl (C=O) groups is 1. The van der Waals surface area contributed by atoms with E-state index >= 15 is 0 Å². The molecule has 1 fully saturated rings. The predicted molar refractivity (Wildman–Crippen MR) is 94.5 cm³/mol. The van der Waals surface area contributed by atoms with Gasteiger partial charge in [0.25, 0.3) is 0 Å².